The van der Waals surface area contributed by atoms with E-state index in [9.17, 15) is 13.2 Å². The van der Waals surface area contributed by atoms with Crippen molar-refractivity contribution in [3.8, 4) is 0 Å². The molecule has 3 aromatic rings. The fourth-order valence-corrected chi connectivity index (χ4v) is 3.77. The van der Waals surface area contributed by atoms with Crippen molar-refractivity contribution >= 4 is 27.6 Å². The second-order valence-electron chi connectivity index (χ2n) is 6.56. The molecular weight excluding hydrogens is 410 g/mol. The highest BCUT2D eigenvalue weighted by molar-refractivity contribution is 7.89. The van der Waals surface area contributed by atoms with Gasteiger partial charge in [-0.2, -0.15) is 0 Å². The van der Waals surface area contributed by atoms with Gasteiger partial charge < -0.3 is 4.74 Å². The van der Waals surface area contributed by atoms with Gasteiger partial charge in [-0.3, -0.25) is 0 Å². The van der Waals surface area contributed by atoms with Crippen LogP contribution in [0.2, 0.25) is 5.02 Å². The summed E-state index contributed by atoms with van der Waals surface area (Å²) in [4.78, 5) is 12.9. The molecule has 0 radical (unpaired) electrons. The molecule has 0 N–H and O–H groups in total. The Kier molecular flexibility index (Phi) is 6.37. The van der Waals surface area contributed by atoms with Gasteiger partial charge in [0.2, 0.25) is 10.0 Å². The third kappa shape index (κ3) is 4.85. The van der Waals surface area contributed by atoms with Crippen LogP contribution in [-0.4, -0.2) is 32.8 Å². The van der Waals surface area contributed by atoms with E-state index in [4.69, 9.17) is 16.3 Å². The molecule has 7 heteroatoms. The van der Waals surface area contributed by atoms with Crippen LogP contribution in [-0.2, 0) is 14.8 Å². The van der Waals surface area contributed by atoms with Crippen LogP contribution in [0.3, 0.4) is 0 Å². The topological polar surface area (TPSA) is 63.7 Å². The van der Waals surface area contributed by atoms with E-state index in [1.807, 2.05) is 30.3 Å². The van der Waals surface area contributed by atoms with Crippen molar-refractivity contribution in [3.63, 3.8) is 0 Å². The fraction of sp³-hybridized carbons (Fsp3) is 0.136. The number of halogens is 1. The van der Waals surface area contributed by atoms with Gasteiger partial charge in [0.05, 0.1) is 10.5 Å². The van der Waals surface area contributed by atoms with Crippen LogP contribution in [0.1, 0.15) is 27.6 Å². The Balaban J connectivity index is 1.88. The Labute approximate surface area is 175 Å². The summed E-state index contributed by atoms with van der Waals surface area (Å²) in [6.45, 7) is 0. The lowest BCUT2D eigenvalue weighted by Crippen LogP contribution is -2.22. The molecule has 1 atom stereocenters. The molecule has 0 aromatic heterocycles. The summed E-state index contributed by atoms with van der Waals surface area (Å²) in [5.41, 5.74) is 1.85. The predicted octanol–water partition coefficient (Wildman–Crippen LogP) is 4.54. The summed E-state index contributed by atoms with van der Waals surface area (Å²) in [5, 5.41) is 0.588. The Bertz CT molecular complexity index is 1080. The van der Waals surface area contributed by atoms with Gasteiger partial charge in [0.15, 0.2) is 6.10 Å². The highest BCUT2D eigenvalue weighted by atomic mass is 35.5. The number of rotatable bonds is 6. The van der Waals surface area contributed by atoms with Gasteiger partial charge in [-0.1, -0.05) is 54.1 Å². The first-order valence-electron chi connectivity index (χ1n) is 8.83. The molecule has 0 amide bonds. The maximum absolute atomic E-state index is 12.8. The molecule has 0 spiro atoms. The number of esters is 1. The lowest BCUT2D eigenvalue weighted by molar-refractivity contribution is 0.0378. The molecule has 0 aliphatic carbocycles. The largest absolute Gasteiger partial charge is 0.449 e. The molecule has 0 saturated heterocycles. The first kappa shape index (κ1) is 21.0. The number of hydrogen-bond donors (Lipinski definition) is 0. The van der Waals surface area contributed by atoms with Gasteiger partial charge in [-0.05, 0) is 47.5 Å². The number of benzene rings is 3. The molecule has 0 fully saturated rings. The van der Waals surface area contributed by atoms with Crippen molar-refractivity contribution in [2.24, 2.45) is 0 Å². The summed E-state index contributed by atoms with van der Waals surface area (Å²) in [5.74, 6) is -0.553. The molecule has 3 rings (SSSR count). The van der Waals surface area contributed by atoms with Crippen LogP contribution in [0.4, 0.5) is 0 Å². The average Bonchev–Trinajstić information content (AvgIpc) is 2.73. The summed E-state index contributed by atoms with van der Waals surface area (Å²) < 4.78 is 31.3. The van der Waals surface area contributed by atoms with Crippen LogP contribution in [0.25, 0.3) is 0 Å². The van der Waals surface area contributed by atoms with E-state index in [1.165, 1.54) is 38.4 Å². The molecule has 29 heavy (non-hydrogen) atoms. The normalized spacial score (nSPS) is 12.6. The SMILES string of the molecule is CN(C)S(=O)(=O)c1ccc(C(=O)OC(c2ccccc2)c2ccc(Cl)cc2)cc1. The molecule has 0 aliphatic heterocycles. The molecule has 3 aromatic carbocycles. The average molecular weight is 430 g/mol. The minimum Gasteiger partial charge on any atom is -0.449 e. The molecule has 0 saturated carbocycles. The zero-order valence-electron chi connectivity index (χ0n) is 15.9. The summed E-state index contributed by atoms with van der Waals surface area (Å²) in [7, 11) is -0.659. The van der Waals surface area contributed by atoms with E-state index in [-0.39, 0.29) is 10.5 Å². The van der Waals surface area contributed by atoms with Gasteiger partial charge in [-0.15, -0.1) is 0 Å². The third-order valence-corrected chi connectivity index (χ3v) is 6.45. The van der Waals surface area contributed by atoms with Crippen LogP contribution in [0.5, 0.6) is 0 Å². The minimum absolute atomic E-state index is 0.108. The molecule has 5 nitrogen and oxygen atoms in total. The van der Waals surface area contributed by atoms with Gasteiger partial charge >= 0.3 is 5.97 Å². The number of carbonyl (C=O) groups is 1. The van der Waals surface area contributed by atoms with E-state index < -0.39 is 22.1 Å². The van der Waals surface area contributed by atoms with Crippen LogP contribution in [0, 0.1) is 0 Å². The third-order valence-electron chi connectivity index (χ3n) is 4.37. The fourth-order valence-electron chi connectivity index (χ4n) is 2.74. The summed E-state index contributed by atoms with van der Waals surface area (Å²) in [6.07, 6.45) is -0.619. The van der Waals surface area contributed by atoms with Crippen molar-refractivity contribution in [1.29, 1.82) is 0 Å². The smallest absolute Gasteiger partial charge is 0.339 e. The second kappa shape index (κ2) is 8.78. The standard InChI is InChI=1S/C22H20ClNO4S/c1-24(2)29(26,27)20-14-10-18(11-15-20)22(25)28-21(16-6-4-3-5-7-16)17-8-12-19(23)13-9-17/h3-15,21H,1-2H3. The Hall–Kier alpha value is -2.67. The van der Waals surface area contributed by atoms with Crippen molar-refractivity contribution in [3.05, 3.63) is 101 Å². The monoisotopic (exact) mass is 429 g/mol. The van der Waals surface area contributed by atoms with Crippen molar-refractivity contribution in [2.75, 3.05) is 14.1 Å². The van der Waals surface area contributed by atoms with Crippen molar-refractivity contribution in [2.45, 2.75) is 11.0 Å². The number of ether oxygens (including phenoxy) is 1. The maximum Gasteiger partial charge on any atom is 0.339 e. The Morgan fingerprint density at radius 3 is 1.97 bits per heavy atom. The number of hydrogen-bond acceptors (Lipinski definition) is 4. The summed E-state index contributed by atoms with van der Waals surface area (Å²) >= 11 is 5.98. The van der Waals surface area contributed by atoms with E-state index in [1.54, 1.807) is 24.3 Å². The number of nitrogens with zero attached hydrogens (tertiary/aromatic N) is 1. The molecule has 0 heterocycles. The zero-order valence-corrected chi connectivity index (χ0v) is 17.5. The predicted molar refractivity (Wildman–Crippen MR) is 112 cm³/mol. The van der Waals surface area contributed by atoms with E-state index in [0.29, 0.717) is 5.02 Å². The zero-order chi connectivity index (χ0) is 21.0. The van der Waals surface area contributed by atoms with Crippen LogP contribution >= 0.6 is 11.6 Å². The van der Waals surface area contributed by atoms with Crippen LogP contribution in [0.15, 0.2) is 83.8 Å². The molecule has 1 unspecified atom stereocenters. The van der Waals surface area contributed by atoms with E-state index in [2.05, 4.69) is 0 Å². The van der Waals surface area contributed by atoms with Gasteiger partial charge in [0.1, 0.15) is 0 Å². The minimum atomic E-state index is -3.56. The first-order valence-corrected chi connectivity index (χ1v) is 10.6. The highest BCUT2D eigenvalue weighted by Gasteiger charge is 2.22. The number of sulfonamides is 1. The first-order chi connectivity index (χ1) is 13.8. The van der Waals surface area contributed by atoms with Gasteiger partial charge in [-0.25, -0.2) is 17.5 Å². The van der Waals surface area contributed by atoms with Gasteiger partial charge in [0.25, 0.3) is 0 Å². The molecule has 0 bridgehead atoms. The lowest BCUT2D eigenvalue weighted by Gasteiger charge is -2.19. The summed E-state index contributed by atoms with van der Waals surface area (Å²) in [6, 6.07) is 22.1. The second-order valence-corrected chi connectivity index (χ2v) is 9.15. The molecule has 150 valence electrons. The molecular formula is C22H20ClNO4S. The van der Waals surface area contributed by atoms with Crippen molar-refractivity contribution < 1.29 is 17.9 Å². The lowest BCUT2D eigenvalue weighted by atomic mass is 10.0. The quantitative estimate of drug-likeness (QED) is 0.540. The maximum atomic E-state index is 12.8. The van der Waals surface area contributed by atoms with E-state index in [0.717, 1.165) is 15.4 Å². The van der Waals surface area contributed by atoms with Crippen molar-refractivity contribution in [1.82, 2.24) is 4.31 Å². The van der Waals surface area contributed by atoms with Gasteiger partial charge in [0, 0.05) is 19.1 Å². The highest BCUT2D eigenvalue weighted by Crippen LogP contribution is 2.28. The van der Waals surface area contributed by atoms with E-state index >= 15 is 0 Å². The Morgan fingerprint density at radius 2 is 1.41 bits per heavy atom. The Morgan fingerprint density at radius 1 is 0.862 bits per heavy atom. The molecule has 0 aliphatic rings. The van der Waals surface area contributed by atoms with Crippen LogP contribution < -0.4 is 0 Å². The number of carbonyl (C=O) groups excluding carboxylic acids is 1.